The first kappa shape index (κ1) is 14.6. The van der Waals surface area contributed by atoms with Crippen LogP contribution in [0.1, 0.15) is 16.7 Å². The maximum Gasteiger partial charge on any atom is 0.244 e. The van der Waals surface area contributed by atoms with Crippen LogP contribution in [0.25, 0.3) is 22.1 Å². The normalized spacial score (nSPS) is 11.2. The van der Waals surface area contributed by atoms with E-state index in [2.05, 4.69) is 63.6 Å². The molecule has 0 amide bonds. The number of rotatable bonds is 4. The number of fused-ring (bicyclic) bond motifs is 3. The summed E-state index contributed by atoms with van der Waals surface area (Å²) in [5, 5.41) is 12.9. The van der Waals surface area contributed by atoms with Gasteiger partial charge in [0, 0.05) is 11.9 Å². The highest BCUT2D eigenvalue weighted by atomic mass is 15.2. The fraction of sp³-hybridized carbons (Fsp3) is 0.211. The van der Waals surface area contributed by atoms with Gasteiger partial charge in [0.1, 0.15) is 5.52 Å². The summed E-state index contributed by atoms with van der Waals surface area (Å²) in [5.74, 6) is 0.555. The molecule has 4 rings (SSSR count). The van der Waals surface area contributed by atoms with Crippen molar-refractivity contribution in [2.24, 2.45) is 0 Å². The standard InChI is InChI=1S/C19H19N5/c1-12-8-9-15-16(13(12)2)21-18-17(15)23-24-19(22-18)20-11-10-14-6-4-3-5-7-14/h3-9H,10-11H2,1-2H3,(H2,20,21,22,24). The van der Waals surface area contributed by atoms with Crippen LogP contribution in [0.3, 0.4) is 0 Å². The Kier molecular flexibility index (Phi) is 3.61. The molecule has 0 fully saturated rings. The van der Waals surface area contributed by atoms with Crippen molar-refractivity contribution in [2.75, 3.05) is 11.9 Å². The molecule has 0 aliphatic rings. The Labute approximate surface area is 140 Å². The van der Waals surface area contributed by atoms with E-state index in [1.807, 2.05) is 18.2 Å². The summed E-state index contributed by atoms with van der Waals surface area (Å²) in [7, 11) is 0. The second-order valence-corrected chi connectivity index (χ2v) is 6.05. The summed E-state index contributed by atoms with van der Waals surface area (Å²) in [4.78, 5) is 7.96. The molecule has 0 bridgehead atoms. The second kappa shape index (κ2) is 5.92. The predicted octanol–water partition coefficient (Wildman–Crippen LogP) is 3.78. The Morgan fingerprint density at radius 3 is 2.67 bits per heavy atom. The number of benzene rings is 2. The molecule has 4 aromatic rings. The van der Waals surface area contributed by atoms with Gasteiger partial charge in [0.2, 0.25) is 5.95 Å². The van der Waals surface area contributed by atoms with Gasteiger partial charge < -0.3 is 10.3 Å². The van der Waals surface area contributed by atoms with Gasteiger partial charge in [-0.3, -0.25) is 0 Å². The van der Waals surface area contributed by atoms with E-state index >= 15 is 0 Å². The third kappa shape index (κ3) is 2.58. The summed E-state index contributed by atoms with van der Waals surface area (Å²) in [5.41, 5.74) is 6.45. The maximum atomic E-state index is 4.57. The topological polar surface area (TPSA) is 66.5 Å². The number of aromatic nitrogens is 4. The van der Waals surface area contributed by atoms with Gasteiger partial charge >= 0.3 is 0 Å². The molecular formula is C19H19N5. The Balaban J connectivity index is 1.59. The Bertz CT molecular complexity index is 1000. The van der Waals surface area contributed by atoms with Crippen LogP contribution in [0, 0.1) is 13.8 Å². The second-order valence-electron chi connectivity index (χ2n) is 6.05. The van der Waals surface area contributed by atoms with Gasteiger partial charge in [-0.25, -0.2) is 0 Å². The van der Waals surface area contributed by atoms with Crippen LogP contribution in [0.5, 0.6) is 0 Å². The molecule has 0 saturated heterocycles. The van der Waals surface area contributed by atoms with Crippen LogP contribution in [-0.2, 0) is 6.42 Å². The van der Waals surface area contributed by atoms with Gasteiger partial charge in [-0.15, -0.1) is 10.2 Å². The molecule has 0 spiro atoms. The van der Waals surface area contributed by atoms with Crippen molar-refractivity contribution in [2.45, 2.75) is 20.3 Å². The van der Waals surface area contributed by atoms with Crippen molar-refractivity contribution in [3.05, 3.63) is 59.2 Å². The first-order valence-electron chi connectivity index (χ1n) is 8.12. The SMILES string of the molecule is Cc1ccc2c([nH]c3nc(NCCc4ccccc4)nnc32)c1C. The molecule has 5 nitrogen and oxygen atoms in total. The number of aryl methyl sites for hydroxylation is 2. The molecule has 24 heavy (non-hydrogen) atoms. The van der Waals surface area contributed by atoms with Crippen LogP contribution in [0.2, 0.25) is 0 Å². The van der Waals surface area contributed by atoms with E-state index in [0.29, 0.717) is 5.95 Å². The van der Waals surface area contributed by atoms with Crippen LogP contribution in [-0.4, -0.2) is 26.7 Å². The smallest absolute Gasteiger partial charge is 0.244 e. The molecule has 2 aromatic carbocycles. The van der Waals surface area contributed by atoms with Gasteiger partial charge in [0.15, 0.2) is 5.65 Å². The quantitative estimate of drug-likeness (QED) is 0.601. The van der Waals surface area contributed by atoms with E-state index in [1.165, 1.54) is 16.7 Å². The number of H-pyrrole nitrogens is 1. The largest absolute Gasteiger partial charge is 0.353 e. The van der Waals surface area contributed by atoms with Crippen molar-refractivity contribution in [1.82, 2.24) is 20.2 Å². The Hall–Kier alpha value is -2.95. The van der Waals surface area contributed by atoms with Gasteiger partial charge in [0.25, 0.3) is 0 Å². The lowest BCUT2D eigenvalue weighted by Gasteiger charge is -2.03. The predicted molar refractivity (Wildman–Crippen MR) is 97.3 cm³/mol. The third-order valence-corrected chi connectivity index (χ3v) is 4.46. The maximum absolute atomic E-state index is 4.57. The molecule has 120 valence electrons. The van der Waals surface area contributed by atoms with E-state index in [1.54, 1.807) is 0 Å². The first-order chi connectivity index (χ1) is 11.7. The zero-order chi connectivity index (χ0) is 16.5. The van der Waals surface area contributed by atoms with Gasteiger partial charge in [-0.1, -0.05) is 42.5 Å². The fourth-order valence-corrected chi connectivity index (χ4v) is 2.93. The monoisotopic (exact) mass is 317 g/mol. The molecule has 0 aliphatic carbocycles. The highest BCUT2D eigenvalue weighted by molar-refractivity contribution is 6.04. The minimum Gasteiger partial charge on any atom is -0.353 e. The number of hydrogen-bond donors (Lipinski definition) is 2. The third-order valence-electron chi connectivity index (χ3n) is 4.46. The first-order valence-corrected chi connectivity index (χ1v) is 8.12. The lowest BCUT2D eigenvalue weighted by atomic mass is 10.1. The molecule has 2 aromatic heterocycles. The summed E-state index contributed by atoms with van der Waals surface area (Å²) < 4.78 is 0. The molecule has 5 heteroatoms. The van der Waals surface area contributed by atoms with Crippen molar-refractivity contribution in [3.63, 3.8) is 0 Å². The number of hydrogen-bond acceptors (Lipinski definition) is 4. The van der Waals surface area contributed by atoms with Crippen LogP contribution in [0.4, 0.5) is 5.95 Å². The lowest BCUT2D eigenvalue weighted by Crippen LogP contribution is -2.08. The van der Waals surface area contributed by atoms with E-state index in [-0.39, 0.29) is 0 Å². The fourth-order valence-electron chi connectivity index (χ4n) is 2.93. The highest BCUT2D eigenvalue weighted by Gasteiger charge is 2.11. The number of aromatic amines is 1. The lowest BCUT2D eigenvalue weighted by molar-refractivity contribution is 0.951. The van der Waals surface area contributed by atoms with Crippen molar-refractivity contribution in [3.8, 4) is 0 Å². The van der Waals surface area contributed by atoms with Gasteiger partial charge in [-0.2, -0.15) is 4.98 Å². The molecule has 2 N–H and O–H groups in total. The molecule has 0 aliphatic heterocycles. The van der Waals surface area contributed by atoms with Gasteiger partial charge in [-0.05, 0) is 37.0 Å². The summed E-state index contributed by atoms with van der Waals surface area (Å²) in [6.07, 6.45) is 0.924. The number of nitrogens with zero attached hydrogens (tertiary/aromatic N) is 3. The van der Waals surface area contributed by atoms with E-state index in [0.717, 1.165) is 35.0 Å². The van der Waals surface area contributed by atoms with Crippen molar-refractivity contribution in [1.29, 1.82) is 0 Å². The number of anilines is 1. The van der Waals surface area contributed by atoms with Crippen LogP contribution < -0.4 is 5.32 Å². The summed E-state index contributed by atoms with van der Waals surface area (Å²) in [6.45, 7) is 4.99. The Morgan fingerprint density at radius 2 is 1.83 bits per heavy atom. The molecule has 0 saturated carbocycles. The highest BCUT2D eigenvalue weighted by Crippen LogP contribution is 2.26. The van der Waals surface area contributed by atoms with Crippen LogP contribution in [0.15, 0.2) is 42.5 Å². The average molecular weight is 317 g/mol. The zero-order valence-corrected chi connectivity index (χ0v) is 13.8. The Morgan fingerprint density at radius 1 is 1.00 bits per heavy atom. The minimum atomic E-state index is 0.555. The molecule has 0 atom stereocenters. The summed E-state index contributed by atoms with van der Waals surface area (Å²) in [6, 6.07) is 14.5. The average Bonchev–Trinajstić information content (AvgIpc) is 2.98. The summed E-state index contributed by atoms with van der Waals surface area (Å²) >= 11 is 0. The van der Waals surface area contributed by atoms with E-state index in [9.17, 15) is 0 Å². The van der Waals surface area contributed by atoms with E-state index in [4.69, 9.17) is 0 Å². The molecule has 0 unspecified atom stereocenters. The van der Waals surface area contributed by atoms with Gasteiger partial charge in [0.05, 0.1) is 5.52 Å². The molecule has 0 radical (unpaired) electrons. The van der Waals surface area contributed by atoms with E-state index < -0.39 is 0 Å². The van der Waals surface area contributed by atoms with Crippen molar-refractivity contribution < 1.29 is 0 Å². The molecular weight excluding hydrogens is 298 g/mol. The minimum absolute atomic E-state index is 0.555. The number of nitrogens with one attached hydrogen (secondary N) is 2. The molecule has 2 heterocycles. The van der Waals surface area contributed by atoms with Crippen molar-refractivity contribution >= 4 is 28.0 Å². The van der Waals surface area contributed by atoms with Crippen LogP contribution >= 0.6 is 0 Å². The zero-order valence-electron chi connectivity index (χ0n) is 13.8.